The van der Waals surface area contributed by atoms with Gasteiger partial charge in [-0.25, -0.2) is 8.78 Å². The second kappa shape index (κ2) is 5.72. The van der Waals surface area contributed by atoms with Gasteiger partial charge in [-0.05, 0) is 18.0 Å². The molecule has 0 aliphatic carbocycles. The highest BCUT2D eigenvalue weighted by Crippen LogP contribution is 2.22. The Labute approximate surface area is 90.5 Å². The Morgan fingerprint density at radius 3 is 2.75 bits per heavy atom. The summed E-state index contributed by atoms with van der Waals surface area (Å²) in [6.07, 6.45) is 3.49. The van der Waals surface area contributed by atoms with E-state index in [2.05, 4.69) is 10.0 Å². The number of hydrogen-bond acceptors (Lipinski definition) is 2. The van der Waals surface area contributed by atoms with Crippen LogP contribution in [0.1, 0.15) is 12.0 Å². The second-order valence-electron chi connectivity index (χ2n) is 2.97. The number of hydrogen-bond donors (Lipinski definition) is 1. The summed E-state index contributed by atoms with van der Waals surface area (Å²) in [7, 11) is 0. The van der Waals surface area contributed by atoms with Gasteiger partial charge in [-0.15, -0.1) is 0 Å². The van der Waals surface area contributed by atoms with Crippen LogP contribution in [0.2, 0.25) is 0 Å². The molecule has 0 spiro atoms. The highest BCUT2D eigenvalue weighted by molar-refractivity contribution is 5.56. The van der Waals surface area contributed by atoms with Gasteiger partial charge in [0.25, 0.3) is 0 Å². The predicted molar refractivity (Wildman–Crippen MR) is 55.7 cm³/mol. The maximum Gasteiger partial charge on any atom is 0.162 e. The molecule has 0 radical (unpaired) electrons. The molecule has 16 heavy (non-hydrogen) atoms. The van der Waals surface area contributed by atoms with E-state index < -0.39 is 11.6 Å². The van der Waals surface area contributed by atoms with Crippen molar-refractivity contribution in [2.75, 3.05) is 6.54 Å². The topological polar surface area (TPSA) is 69.0 Å². The average Bonchev–Trinajstić information content (AvgIpc) is 2.25. The third-order valence-corrected chi connectivity index (χ3v) is 1.83. The lowest BCUT2D eigenvalue weighted by molar-refractivity contribution is 0.453. The van der Waals surface area contributed by atoms with Gasteiger partial charge in [0, 0.05) is 23.1 Å². The van der Waals surface area contributed by atoms with Crippen molar-refractivity contribution in [2.45, 2.75) is 6.42 Å². The van der Waals surface area contributed by atoms with Crippen LogP contribution in [0, 0.1) is 11.6 Å². The average molecular weight is 225 g/mol. The fraction of sp³-hybridized carbons (Fsp3) is 0.200. The number of nitrogens with zero attached hydrogens (tertiary/aromatic N) is 3. The molecule has 0 saturated carbocycles. The molecule has 1 rings (SSSR count). The van der Waals surface area contributed by atoms with E-state index in [1.54, 1.807) is 6.08 Å². The lowest BCUT2D eigenvalue weighted by Gasteiger charge is -2.00. The molecule has 0 aliphatic heterocycles. The predicted octanol–water partition coefficient (Wildman–Crippen LogP) is 3.38. The van der Waals surface area contributed by atoms with Crippen LogP contribution in [0.4, 0.5) is 8.78 Å². The molecule has 1 N–H and O–H groups in total. The summed E-state index contributed by atoms with van der Waals surface area (Å²) in [5.41, 5.74) is 8.18. The zero-order valence-corrected chi connectivity index (χ0v) is 8.27. The number of azide groups is 1. The van der Waals surface area contributed by atoms with Crippen molar-refractivity contribution < 1.29 is 13.9 Å². The summed E-state index contributed by atoms with van der Waals surface area (Å²) in [5.74, 6) is -2.45. The first kappa shape index (κ1) is 12.0. The fourth-order valence-corrected chi connectivity index (χ4v) is 1.07. The second-order valence-corrected chi connectivity index (χ2v) is 2.97. The molecule has 0 aliphatic rings. The van der Waals surface area contributed by atoms with Crippen molar-refractivity contribution >= 4 is 6.08 Å². The number of phenolic OH excluding ortho intramolecular Hbond substituents is 1. The lowest BCUT2D eigenvalue weighted by atomic mass is 10.1. The van der Waals surface area contributed by atoms with E-state index in [1.807, 2.05) is 0 Å². The van der Waals surface area contributed by atoms with Gasteiger partial charge in [-0.1, -0.05) is 17.3 Å². The smallest absolute Gasteiger partial charge is 0.162 e. The molecule has 0 unspecified atom stereocenters. The first-order chi connectivity index (χ1) is 7.65. The van der Waals surface area contributed by atoms with Gasteiger partial charge in [0.15, 0.2) is 11.6 Å². The highest BCUT2D eigenvalue weighted by atomic mass is 19.2. The summed E-state index contributed by atoms with van der Waals surface area (Å²) >= 11 is 0. The zero-order chi connectivity index (χ0) is 12.0. The maximum absolute atomic E-state index is 12.8. The van der Waals surface area contributed by atoms with Crippen molar-refractivity contribution in [3.05, 3.63) is 45.8 Å². The van der Waals surface area contributed by atoms with Gasteiger partial charge >= 0.3 is 0 Å². The van der Waals surface area contributed by atoms with Crippen LogP contribution >= 0.6 is 0 Å². The number of benzene rings is 1. The monoisotopic (exact) mass is 225 g/mol. The number of phenols is 1. The van der Waals surface area contributed by atoms with Crippen molar-refractivity contribution in [2.24, 2.45) is 5.11 Å². The Bertz CT molecular complexity index is 454. The van der Waals surface area contributed by atoms with E-state index in [4.69, 9.17) is 5.53 Å². The molecule has 84 valence electrons. The quantitative estimate of drug-likeness (QED) is 0.363. The van der Waals surface area contributed by atoms with Gasteiger partial charge in [-0.3, -0.25) is 0 Å². The summed E-state index contributed by atoms with van der Waals surface area (Å²) in [6.45, 7) is 0.275. The molecular formula is C10H9F2N3O. The van der Waals surface area contributed by atoms with Crippen molar-refractivity contribution in [1.29, 1.82) is 0 Å². The van der Waals surface area contributed by atoms with Crippen LogP contribution < -0.4 is 0 Å². The molecular weight excluding hydrogens is 216 g/mol. The van der Waals surface area contributed by atoms with Gasteiger partial charge in [0.05, 0.1) is 0 Å². The first-order valence-electron chi connectivity index (χ1n) is 4.50. The Balaban J connectivity index is 2.73. The molecule has 1 aromatic rings. The van der Waals surface area contributed by atoms with Gasteiger partial charge in [-0.2, -0.15) is 0 Å². The largest absolute Gasteiger partial charge is 0.507 e. The minimum atomic E-state index is -1.09. The van der Waals surface area contributed by atoms with Crippen LogP contribution in [-0.4, -0.2) is 11.7 Å². The van der Waals surface area contributed by atoms with E-state index >= 15 is 0 Å². The minimum absolute atomic E-state index is 0.180. The summed E-state index contributed by atoms with van der Waals surface area (Å²) in [4.78, 5) is 2.56. The number of halogens is 2. The summed E-state index contributed by atoms with van der Waals surface area (Å²) in [5, 5.41) is 12.6. The number of rotatable bonds is 4. The SMILES string of the molecule is [N-]=[N+]=NCCC=Cc1cc(F)c(F)cc1O. The molecule has 0 aromatic heterocycles. The molecule has 6 heteroatoms. The molecule has 0 heterocycles. The van der Waals surface area contributed by atoms with Crippen LogP contribution in [0.5, 0.6) is 5.75 Å². The minimum Gasteiger partial charge on any atom is -0.507 e. The third-order valence-electron chi connectivity index (χ3n) is 1.83. The zero-order valence-electron chi connectivity index (χ0n) is 8.27. The molecule has 0 atom stereocenters. The maximum atomic E-state index is 12.8. The number of aromatic hydroxyl groups is 1. The Morgan fingerprint density at radius 2 is 2.06 bits per heavy atom. The van der Waals surface area contributed by atoms with Crippen LogP contribution in [0.25, 0.3) is 16.5 Å². The fourth-order valence-electron chi connectivity index (χ4n) is 1.07. The van der Waals surface area contributed by atoms with Gasteiger partial charge in [0.1, 0.15) is 5.75 Å². The van der Waals surface area contributed by atoms with Crippen molar-refractivity contribution in [3.8, 4) is 5.75 Å². The molecule has 0 fully saturated rings. The van der Waals surface area contributed by atoms with Crippen LogP contribution in [-0.2, 0) is 0 Å². The molecule has 1 aromatic carbocycles. The summed E-state index contributed by atoms with van der Waals surface area (Å²) < 4.78 is 25.4. The first-order valence-corrected chi connectivity index (χ1v) is 4.50. The van der Waals surface area contributed by atoms with Gasteiger partial charge in [0.2, 0.25) is 0 Å². The molecule has 0 bridgehead atoms. The third kappa shape index (κ3) is 3.25. The van der Waals surface area contributed by atoms with Crippen LogP contribution in [0.15, 0.2) is 23.3 Å². The van der Waals surface area contributed by atoms with Crippen LogP contribution in [0.3, 0.4) is 0 Å². The van der Waals surface area contributed by atoms with E-state index in [1.165, 1.54) is 6.08 Å². The van der Waals surface area contributed by atoms with Gasteiger partial charge < -0.3 is 5.11 Å². The molecule has 0 saturated heterocycles. The highest BCUT2D eigenvalue weighted by Gasteiger charge is 2.06. The normalized spacial score (nSPS) is 10.4. The van der Waals surface area contributed by atoms with E-state index in [-0.39, 0.29) is 17.9 Å². The van der Waals surface area contributed by atoms with E-state index in [0.29, 0.717) is 12.5 Å². The van der Waals surface area contributed by atoms with E-state index in [0.717, 1.165) is 6.07 Å². The Kier molecular flexibility index (Phi) is 4.29. The molecule has 4 nitrogen and oxygen atoms in total. The van der Waals surface area contributed by atoms with Crippen molar-refractivity contribution in [1.82, 2.24) is 0 Å². The summed E-state index contributed by atoms with van der Waals surface area (Å²) in [6, 6.07) is 1.61. The standard InChI is InChI=1S/C10H9F2N3O/c11-8-5-7(10(16)6-9(8)12)3-1-2-4-14-15-13/h1,3,5-6,16H,2,4H2. The lowest BCUT2D eigenvalue weighted by Crippen LogP contribution is -1.85. The van der Waals surface area contributed by atoms with Crippen molar-refractivity contribution in [3.63, 3.8) is 0 Å². The Hall–Kier alpha value is -2.07. The molecule has 0 amide bonds. The Morgan fingerprint density at radius 1 is 1.38 bits per heavy atom. The van der Waals surface area contributed by atoms with E-state index in [9.17, 15) is 13.9 Å².